The summed E-state index contributed by atoms with van der Waals surface area (Å²) in [5, 5.41) is 0. The van der Waals surface area contributed by atoms with Crippen molar-refractivity contribution in [2.45, 2.75) is 39.5 Å². The van der Waals surface area contributed by atoms with Crippen molar-refractivity contribution in [3.63, 3.8) is 0 Å². The van der Waals surface area contributed by atoms with Crippen LogP contribution in [0.2, 0.25) is 0 Å². The molecule has 2 aromatic rings. The van der Waals surface area contributed by atoms with E-state index in [-0.39, 0.29) is 0 Å². The molecule has 0 aliphatic heterocycles. The van der Waals surface area contributed by atoms with E-state index in [1.165, 1.54) is 23.4 Å². The lowest BCUT2D eigenvalue weighted by atomic mass is 9.82. The van der Waals surface area contributed by atoms with E-state index in [0.717, 1.165) is 22.5 Å². The van der Waals surface area contributed by atoms with Crippen molar-refractivity contribution < 1.29 is 0 Å². The first-order valence-electron chi connectivity index (χ1n) is 6.25. The molecule has 0 spiro atoms. The van der Waals surface area contributed by atoms with E-state index in [1.807, 2.05) is 0 Å². The monoisotopic (exact) mass is 292 g/mol. The van der Waals surface area contributed by atoms with Gasteiger partial charge in [-0.15, -0.1) is 0 Å². The van der Waals surface area contributed by atoms with Crippen LogP contribution in [-0.2, 0) is 6.42 Å². The van der Waals surface area contributed by atoms with Crippen LogP contribution in [0.5, 0.6) is 0 Å². The van der Waals surface area contributed by atoms with Gasteiger partial charge in [0.2, 0.25) is 0 Å². The molecule has 0 N–H and O–H groups in total. The molecule has 2 heterocycles. The van der Waals surface area contributed by atoms with Gasteiger partial charge in [0.1, 0.15) is 5.65 Å². The Hall–Kier alpha value is -0.830. The Balaban J connectivity index is 2.31. The van der Waals surface area contributed by atoms with Crippen LogP contribution < -0.4 is 0 Å². The fourth-order valence-corrected chi connectivity index (χ4v) is 3.38. The summed E-state index contributed by atoms with van der Waals surface area (Å²) in [5.74, 6) is 1.33. The van der Waals surface area contributed by atoms with E-state index in [1.54, 1.807) is 0 Å². The quantitative estimate of drug-likeness (QED) is 0.715. The number of aromatic nitrogens is 2. The van der Waals surface area contributed by atoms with E-state index < -0.39 is 0 Å². The van der Waals surface area contributed by atoms with Crippen molar-refractivity contribution in [2.24, 2.45) is 5.92 Å². The number of aryl methyl sites for hydroxylation is 2. The molecule has 3 rings (SSSR count). The van der Waals surface area contributed by atoms with E-state index in [9.17, 15) is 0 Å². The first kappa shape index (κ1) is 11.3. The minimum atomic E-state index is 0.580. The Bertz CT molecular complexity index is 585. The minimum Gasteiger partial charge on any atom is -0.302 e. The van der Waals surface area contributed by atoms with Crippen molar-refractivity contribution in [1.82, 2.24) is 9.38 Å². The second-order valence-electron chi connectivity index (χ2n) is 5.28. The second kappa shape index (κ2) is 3.84. The van der Waals surface area contributed by atoms with Crippen LogP contribution in [0.25, 0.3) is 5.65 Å². The van der Waals surface area contributed by atoms with Gasteiger partial charge >= 0.3 is 0 Å². The van der Waals surface area contributed by atoms with E-state index in [4.69, 9.17) is 4.98 Å². The number of hydrogen-bond acceptors (Lipinski definition) is 1. The standard InChI is InChI=1S/C14H17BrN2/c1-8-4-5-12-13(10(8)3)16-14-9(2)6-11(15)7-17(12)14/h6-8,10H,4-5H2,1-3H3. The highest BCUT2D eigenvalue weighted by Gasteiger charge is 2.27. The molecule has 1 aliphatic carbocycles. The summed E-state index contributed by atoms with van der Waals surface area (Å²) in [6.07, 6.45) is 4.57. The minimum absolute atomic E-state index is 0.580. The maximum absolute atomic E-state index is 4.87. The number of imidazole rings is 1. The Morgan fingerprint density at radius 2 is 2.18 bits per heavy atom. The van der Waals surface area contributed by atoms with E-state index in [2.05, 4.69) is 53.4 Å². The fourth-order valence-electron chi connectivity index (χ4n) is 2.83. The van der Waals surface area contributed by atoms with Gasteiger partial charge in [0.05, 0.1) is 5.69 Å². The van der Waals surface area contributed by atoms with Crippen LogP contribution in [0.3, 0.4) is 0 Å². The van der Waals surface area contributed by atoms with Gasteiger partial charge in [-0.25, -0.2) is 4.98 Å². The van der Waals surface area contributed by atoms with Gasteiger partial charge in [-0.2, -0.15) is 0 Å². The third-order valence-electron chi connectivity index (χ3n) is 4.12. The topological polar surface area (TPSA) is 17.3 Å². The first-order chi connectivity index (χ1) is 8.08. The van der Waals surface area contributed by atoms with Gasteiger partial charge in [-0.05, 0) is 53.2 Å². The first-order valence-corrected chi connectivity index (χ1v) is 7.04. The lowest BCUT2D eigenvalue weighted by molar-refractivity contribution is 0.415. The molecular formula is C14H17BrN2. The van der Waals surface area contributed by atoms with Crippen molar-refractivity contribution in [1.29, 1.82) is 0 Å². The van der Waals surface area contributed by atoms with Crippen LogP contribution in [0.1, 0.15) is 43.1 Å². The molecule has 0 amide bonds. The highest BCUT2D eigenvalue weighted by atomic mass is 79.9. The summed E-state index contributed by atoms with van der Waals surface area (Å²) in [7, 11) is 0. The summed E-state index contributed by atoms with van der Waals surface area (Å²) >= 11 is 3.57. The number of rotatable bonds is 0. The normalized spacial score (nSPS) is 24.0. The predicted molar refractivity (Wildman–Crippen MR) is 73.5 cm³/mol. The summed E-state index contributed by atoms with van der Waals surface area (Å²) in [6, 6.07) is 2.14. The van der Waals surface area contributed by atoms with Gasteiger partial charge in [-0.1, -0.05) is 13.8 Å². The van der Waals surface area contributed by atoms with Crippen LogP contribution >= 0.6 is 15.9 Å². The Labute approximate surface area is 110 Å². The molecule has 0 saturated heterocycles. The van der Waals surface area contributed by atoms with Crippen molar-refractivity contribution in [2.75, 3.05) is 0 Å². The third kappa shape index (κ3) is 1.63. The Morgan fingerprint density at radius 3 is 2.94 bits per heavy atom. The van der Waals surface area contributed by atoms with Gasteiger partial charge in [0.15, 0.2) is 0 Å². The van der Waals surface area contributed by atoms with Crippen molar-refractivity contribution in [3.8, 4) is 0 Å². The van der Waals surface area contributed by atoms with Crippen molar-refractivity contribution in [3.05, 3.63) is 33.7 Å². The van der Waals surface area contributed by atoms with Crippen LogP contribution in [0, 0.1) is 12.8 Å². The summed E-state index contributed by atoms with van der Waals surface area (Å²) in [5.41, 5.74) is 5.09. The molecule has 2 atom stereocenters. The lowest BCUT2D eigenvalue weighted by Gasteiger charge is -2.24. The molecular weight excluding hydrogens is 276 g/mol. The molecule has 0 fully saturated rings. The molecule has 2 aromatic heterocycles. The number of hydrogen-bond donors (Lipinski definition) is 0. The van der Waals surface area contributed by atoms with Gasteiger partial charge in [0, 0.05) is 22.3 Å². The summed E-state index contributed by atoms with van der Waals surface area (Å²) in [6.45, 7) is 6.77. The molecule has 2 unspecified atom stereocenters. The zero-order valence-electron chi connectivity index (χ0n) is 10.5. The number of fused-ring (bicyclic) bond motifs is 3. The molecule has 0 aromatic carbocycles. The van der Waals surface area contributed by atoms with Crippen LogP contribution in [-0.4, -0.2) is 9.38 Å². The average Bonchev–Trinajstić information content (AvgIpc) is 2.63. The zero-order valence-corrected chi connectivity index (χ0v) is 12.1. The second-order valence-corrected chi connectivity index (χ2v) is 6.20. The Morgan fingerprint density at radius 1 is 1.41 bits per heavy atom. The molecule has 1 aliphatic rings. The highest BCUT2D eigenvalue weighted by molar-refractivity contribution is 9.10. The fraction of sp³-hybridized carbons (Fsp3) is 0.500. The number of pyridine rings is 1. The predicted octanol–water partition coefficient (Wildman–Crippen LogP) is 4.09. The number of halogens is 1. The molecule has 2 nitrogen and oxygen atoms in total. The molecule has 0 radical (unpaired) electrons. The molecule has 0 saturated carbocycles. The number of nitrogens with zero attached hydrogens (tertiary/aromatic N) is 2. The molecule has 0 bridgehead atoms. The zero-order chi connectivity index (χ0) is 12.2. The summed E-state index contributed by atoms with van der Waals surface area (Å²) < 4.78 is 3.41. The van der Waals surface area contributed by atoms with E-state index in [0.29, 0.717) is 5.92 Å². The van der Waals surface area contributed by atoms with Crippen molar-refractivity contribution >= 4 is 21.6 Å². The summed E-state index contributed by atoms with van der Waals surface area (Å²) in [4.78, 5) is 4.87. The SMILES string of the molecule is Cc1cc(Br)cn2c3c(nc12)C(C)C(C)CC3. The third-order valence-corrected chi connectivity index (χ3v) is 4.56. The highest BCUT2D eigenvalue weighted by Crippen LogP contribution is 2.36. The van der Waals surface area contributed by atoms with Gasteiger partial charge < -0.3 is 4.40 Å². The van der Waals surface area contributed by atoms with E-state index >= 15 is 0 Å². The van der Waals surface area contributed by atoms with Crippen LogP contribution in [0.4, 0.5) is 0 Å². The molecule has 90 valence electrons. The van der Waals surface area contributed by atoms with Gasteiger partial charge in [-0.3, -0.25) is 0 Å². The lowest BCUT2D eigenvalue weighted by Crippen LogP contribution is -2.16. The molecule has 17 heavy (non-hydrogen) atoms. The maximum atomic E-state index is 4.87. The largest absolute Gasteiger partial charge is 0.302 e. The van der Waals surface area contributed by atoms with Crippen LogP contribution in [0.15, 0.2) is 16.7 Å². The van der Waals surface area contributed by atoms with Gasteiger partial charge in [0.25, 0.3) is 0 Å². The smallest absolute Gasteiger partial charge is 0.140 e. The average molecular weight is 293 g/mol. The maximum Gasteiger partial charge on any atom is 0.140 e. The molecule has 3 heteroatoms. The Kier molecular flexibility index (Phi) is 2.54.